The second-order valence-corrected chi connectivity index (χ2v) is 8.29. The summed E-state index contributed by atoms with van der Waals surface area (Å²) in [6.45, 7) is 3.16. The van der Waals surface area contributed by atoms with E-state index in [4.69, 9.17) is 9.47 Å². The molecule has 1 amide bonds. The molecule has 0 radical (unpaired) electrons. The van der Waals surface area contributed by atoms with Crippen molar-refractivity contribution >= 4 is 5.91 Å². The van der Waals surface area contributed by atoms with Gasteiger partial charge in [-0.05, 0) is 54.8 Å². The summed E-state index contributed by atoms with van der Waals surface area (Å²) in [6.07, 6.45) is 0.792. The smallest absolute Gasteiger partial charge is 0.251 e. The molecule has 0 saturated carbocycles. The molecule has 2 atom stereocenters. The van der Waals surface area contributed by atoms with Crippen molar-refractivity contribution in [2.75, 3.05) is 20.8 Å². The van der Waals surface area contributed by atoms with Crippen molar-refractivity contribution in [3.8, 4) is 11.5 Å². The summed E-state index contributed by atoms with van der Waals surface area (Å²) in [7, 11) is 3.23. The number of rotatable bonds is 7. The van der Waals surface area contributed by atoms with Gasteiger partial charge in [-0.2, -0.15) is 0 Å². The van der Waals surface area contributed by atoms with Gasteiger partial charge in [-0.1, -0.05) is 36.4 Å². The van der Waals surface area contributed by atoms with E-state index in [1.807, 2.05) is 49.4 Å². The van der Waals surface area contributed by atoms with Crippen LogP contribution in [0.4, 0.5) is 4.39 Å². The Labute approximate surface area is 194 Å². The molecule has 1 heterocycles. The quantitative estimate of drug-likeness (QED) is 0.566. The van der Waals surface area contributed by atoms with Gasteiger partial charge in [0.1, 0.15) is 5.82 Å². The average Bonchev–Trinajstić information content (AvgIpc) is 2.84. The highest BCUT2D eigenvalue weighted by atomic mass is 19.1. The molecular formula is C27H29FN2O3. The zero-order valence-corrected chi connectivity index (χ0v) is 19.2. The monoisotopic (exact) mass is 448 g/mol. The summed E-state index contributed by atoms with van der Waals surface area (Å²) in [4.78, 5) is 15.1. The Morgan fingerprint density at radius 1 is 1.06 bits per heavy atom. The van der Waals surface area contributed by atoms with E-state index in [0.29, 0.717) is 29.2 Å². The van der Waals surface area contributed by atoms with Crippen LogP contribution < -0.4 is 14.8 Å². The molecule has 5 nitrogen and oxygen atoms in total. The molecule has 1 N–H and O–H groups in total. The number of fused-ring (bicyclic) bond motifs is 1. The second kappa shape index (κ2) is 10.0. The SMILES string of the molecule is COc1cc2c(cc1OC)[C@H]([C@@H](C)NC(=O)c1ccccc1)N(Cc1ccccc1F)CC2. The molecule has 0 bridgehead atoms. The first-order chi connectivity index (χ1) is 16.0. The van der Waals surface area contributed by atoms with Gasteiger partial charge in [-0.25, -0.2) is 4.39 Å². The molecule has 6 heteroatoms. The molecule has 3 aromatic rings. The van der Waals surface area contributed by atoms with Gasteiger partial charge in [0.05, 0.1) is 20.3 Å². The summed E-state index contributed by atoms with van der Waals surface area (Å²) < 4.78 is 25.5. The summed E-state index contributed by atoms with van der Waals surface area (Å²) in [5.74, 6) is 0.950. The number of carbonyl (C=O) groups is 1. The van der Waals surface area contributed by atoms with Crippen LogP contribution in [0.15, 0.2) is 66.7 Å². The normalized spacial score (nSPS) is 16.5. The molecule has 1 aliphatic heterocycles. The fourth-order valence-electron chi connectivity index (χ4n) is 4.60. The minimum Gasteiger partial charge on any atom is -0.493 e. The van der Waals surface area contributed by atoms with E-state index >= 15 is 0 Å². The van der Waals surface area contributed by atoms with Crippen LogP contribution >= 0.6 is 0 Å². The molecule has 0 spiro atoms. The van der Waals surface area contributed by atoms with Crippen molar-refractivity contribution in [2.24, 2.45) is 0 Å². The number of hydrogen-bond acceptors (Lipinski definition) is 4. The topological polar surface area (TPSA) is 50.8 Å². The summed E-state index contributed by atoms with van der Waals surface area (Å²) in [5, 5.41) is 3.16. The number of benzene rings is 3. The van der Waals surface area contributed by atoms with Gasteiger partial charge in [0.25, 0.3) is 5.91 Å². The Kier molecular flexibility index (Phi) is 6.94. The lowest BCUT2D eigenvalue weighted by Crippen LogP contribution is -2.47. The first-order valence-corrected chi connectivity index (χ1v) is 11.1. The van der Waals surface area contributed by atoms with Crippen LogP contribution in [0.2, 0.25) is 0 Å². The zero-order chi connectivity index (χ0) is 23.4. The maximum atomic E-state index is 14.5. The molecule has 172 valence electrons. The molecule has 0 unspecified atom stereocenters. The molecule has 0 fully saturated rings. The van der Waals surface area contributed by atoms with Crippen LogP contribution in [-0.2, 0) is 13.0 Å². The molecule has 4 rings (SSSR count). The third-order valence-electron chi connectivity index (χ3n) is 6.23. The maximum Gasteiger partial charge on any atom is 0.251 e. The third-order valence-corrected chi connectivity index (χ3v) is 6.23. The first-order valence-electron chi connectivity index (χ1n) is 11.1. The number of hydrogen-bond donors (Lipinski definition) is 1. The van der Waals surface area contributed by atoms with Gasteiger partial charge in [0.2, 0.25) is 0 Å². The molecule has 0 saturated heterocycles. The van der Waals surface area contributed by atoms with E-state index in [2.05, 4.69) is 10.2 Å². The van der Waals surface area contributed by atoms with E-state index < -0.39 is 0 Å². The largest absolute Gasteiger partial charge is 0.493 e. The van der Waals surface area contributed by atoms with Gasteiger partial charge < -0.3 is 14.8 Å². The number of halogens is 1. The maximum absolute atomic E-state index is 14.5. The number of amides is 1. The summed E-state index contributed by atoms with van der Waals surface area (Å²) in [6, 6.07) is 19.6. The van der Waals surface area contributed by atoms with Gasteiger partial charge in [0, 0.05) is 30.3 Å². The van der Waals surface area contributed by atoms with E-state index in [0.717, 1.165) is 24.1 Å². The van der Waals surface area contributed by atoms with Crippen molar-refractivity contribution in [3.05, 3.63) is 94.8 Å². The number of ether oxygens (including phenoxy) is 2. The standard InChI is InChI=1S/C27H29FN2O3/c1-18(29-27(31)19-9-5-4-6-10-19)26-22-16-25(33-3)24(32-2)15-20(22)13-14-30(26)17-21-11-7-8-12-23(21)28/h4-12,15-16,18,26H,13-14,17H2,1-3H3,(H,29,31)/t18-,26+/m1/s1. The lowest BCUT2D eigenvalue weighted by atomic mass is 9.87. The third kappa shape index (κ3) is 4.86. The molecular weight excluding hydrogens is 419 g/mol. The highest BCUT2D eigenvalue weighted by molar-refractivity contribution is 5.94. The van der Waals surface area contributed by atoms with Crippen LogP contribution in [0.3, 0.4) is 0 Å². The number of nitrogens with one attached hydrogen (secondary N) is 1. The summed E-state index contributed by atoms with van der Waals surface area (Å²) >= 11 is 0. The highest BCUT2D eigenvalue weighted by Gasteiger charge is 2.34. The fourth-order valence-corrected chi connectivity index (χ4v) is 4.60. The molecule has 0 aliphatic carbocycles. The van der Waals surface area contributed by atoms with Gasteiger partial charge in [0.15, 0.2) is 11.5 Å². The highest BCUT2D eigenvalue weighted by Crippen LogP contribution is 2.40. The van der Waals surface area contributed by atoms with Crippen molar-refractivity contribution < 1.29 is 18.7 Å². The minimum absolute atomic E-state index is 0.137. The zero-order valence-electron chi connectivity index (χ0n) is 19.2. The average molecular weight is 449 g/mol. The Morgan fingerprint density at radius 3 is 2.42 bits per heavy atom. The molecule has 1 aliphatic rings. The van der Waals surface area contributed by atoms with Gasteiger partial charge >= 0.3 is 0 Å². The Hall–Kier alpha value is -3.38. The van der Waals surface area contributed by atoms with Crippen LogP contribution in [0.1, 0.15) is 40.0 Å². The minimum atomic E-state index is -0.235. The van der Waals surface area contributed by atoms with Crippen molar-refractivity contribution in [1.82, 2.24) is 10.2 Å². The van der Waals surface area contributed by atoms with Crippen LogP contribution in [0, 0.1) is 5.82 Å². The van der Waals surface area contributed by atoms with E-state index in [1.165, 1.54) is 6.07 Å². The van der Waals surface area contributed by atoms with Crippen molar-refractivity contribution in [3.63, 3.8) is 0 Å². The first kappa shape index (κ1) is 22.8. The van der Waals surface area contributed by atoms with E-state index in [9.17, 15) is 9.18 Å². The van der Waals surface area contributed by atoms with Crippen molar-refractivity contribution in [1.29, 1.82) is 0 Å². The Bertz CT molecular complexity index is 1120. The fraction of sp³-hybridized carbons (Fsp3) is 0.296. The number of carbonyl (C=O) groups excluding carboxylic acids is 1. The van der Waals surface area contributed by atoms with Crippen molar-refractivity contribution in [2.45, 2.75) is 32.0 Å². The van der Waals surface area contributed by atoms with Gasteiger partial charge in [-0.15, -0.1) is 0 Å². The molecule has 3 aromatic carbocycles. The van der Waals surface area contributed by atoms with Gasteiger partial charge in [-0.3, -0.25) is 9.69 Å². The molecule has 0 aromatic heterocycles. The Balaban J connectivity index is 1.70. The second-order valence-electron chi connectivity index (χ2n) is 8.29. The lowest BCUT2D eigenvalue weighted by molar-refractivity contribution is 0.0875. The summed E-state index contributed by atoms with van der Waals surface area (Å²) in [5.41, 5.74) is 3.43. The van der Waals surface area contributed by atoms with E-state index in [-0.39, 0.29) is 23.8 Å². The number of methoxy groups -OCH3 is 2. The lowest BCUT2D eigenvalue weighted by Gasteiger charge is -2.41. The Morgan fingerprint density at radius 2 is 1.73 bits per heavy atom. The number of nitrogens with zero attached hydrogens (tertiary/aromatic N) is 1. The van der Waals surface area contributed by atoms with Crippen LogP contribution in [-0.4, -0.2) is 37.6 Å². The predicted octanol–water partition coefficient (Wildman–Crippen LogP) is 4.76. The van der Waals surface area contributed by atoms with E-state index in [1.54, 1.807) is 32.4 Å². The molecule has 33 heavy (non-hydrogen) atoms. The van der Waals surface area contributed by atoms with Crippen LogP contribution in [0.25, 0.3) is 0 Å². The van der Waals surface area contributed by atoms with Crippen LogP contribution in [0.5, 0.6) is 11.5 Å². The predicted molar refractivity (Wildman–Crippen MR) is 126 cm³/mol.